The molecule has 0 radical (unpaired) electrons. The summed E-state index contributed by atoms with van der Waals surface area (Å²) in [4.78, 5) is 22.7. The average Bonchev–Trinajstić information content (AvgIpc) is 2.25. The normalized spacial score (nSPS) is 10.9. The molecule has 0 saturated carbocycles. The van der Waals surface area contributed by atoms with Gasteiger partial charge in [0.2, 0.25) is 0 Å². The van der Waals surface area contributed by atoms with Crippen LogP contribution in [-0.2, 0) is 4.89 Å². The first-order valence-corrected chi connectivity index (χ1v) is 5.98. The van der Waals surface area contributed by atoms with Crippen molar-refractivity contribution in [3.8, 4) is 5.75 Å². The first kappa shape index (κ1) is 13.8. The summed E-state index contributed by atoms with van der Waals surface area (Å²) in [6.07, 6.45) is -0.527. The molecule has 17 heavy (non-hydrogen) atoms. The van der Waals surface area contributed by atoms with Crippen molar-refractivity contribution in [2.75, 3.05) is 7.05 Å². The van der Waals surface area contributed by atoms with E-state index in [2.05, 4.69) is 15.9 Å². The molecule has 0 saturated heterocycles. The minimum atomic E-state index is -0.527. The molecule has 0 spiro atoms. The zero-order valence-electron chi connectivity index (χ0n) is 10.4. The zero-order chi connectivity index (χ0) is 13.1. The van der Waals surface area contributed by atoms with Crippen molar-refractivity contribution < 1.29 is 14.6 Å². The van der Waals surface area contributed by atoms with Gasteiger partial charge in [0, 0.05) is 17.1 Å². The number of benzene rings is 1. The molecule has 94 valence electrons. The van der Waals surface area contributed by atoms with Crippen molar-refractivity contribution in [1.82, 2.24) is 4.90 Å². The van der Waals surface area contributed by atoms with Crippen LogP contribution in [0.25, 0.3) is 0 Å². The van der Waals surface area contributed by atoms with E-state index >= 15 is 0 Å². The van der Waals surface area contributed by atoms with E-state index in [1.54, 1.807) is 31.3 Å². The minimum absolute atomic E-state index is 0.305. The molecule has 0 bridgehead atoms. The number of nitrogens with zero attached hydrogens (tertiary/aromatic N) is 1. The van der Waals surface area contributed by atoms with E-state index in [-0.39, 0.29) is 5.54 Å². The topological polar surface area (TPSA) is 38.8 Å². The van der Waals surface area contributed by atoms with Gasteiger partial charge in [-0.15, -0.1) is 0 Å². The molecule has 0 N–H and O–H groups in total. The van der Waals surface area contributed by atoms with Crippen LogP contribution < -0.4 is 4.89 Å². The maximum absolute atomic E-state index is 11.6. The van der Waals surface area contributed by atoms with E-state index in [1.165, 1.54) is 4.90 Å². The Morgan fingerprint density at radius 3 is 2.24 bits per heavy atom. The van der Waals surface area contributed by atoms with E-state index in [4.69, 9.17) is 9.78 Å². The van der Waals surface area contributed by atoms with Crippen molar-refractivity contribution >= 4 is 22.0 Å². The third-order valence-corrected chi connectivity index (χ3v) is 2.83. The molecule has 4 nitrogen and oxygen atoms in total. The third-order valence-electron chi connectivity index (χ3n) is 2.30. The highest BCUT2D eigenvalue weighted by molar-refractivity contribution is 9.10. The summed E-state index contributed by atoms with van der Waals surface area (Å²) < 4.78 is 0.933. The highest BCUT2D eigenvalue weighted by atomic mass is 79.9. The summed E-state index contributed by atoms with van der Waals surface area (Å²) >= 11 is 3.30. The molecule has 5 heteroatoms. The predicted octanol–water partition coefficient (Wildman–Crippen LogP) is 3.61. The van der Waals surface area contributed by atoms with Gasteiger partial charge in [-0.05, 0) is 45.0 Å². The summed E-state index contributed by atoms with van der Waals surface area (Å²) in [5.41, 5.74) is -0.305. The van der Waals surface area contributed by atoms with E-state index in [1.807, 2.05) is 20.8 Å². The molecular formula is C12H16BrNO3. The predicted molar refractivity (Wildman–Crippen MR) is 68.8 cm³/mol. The molecule has 1 rings (SSSR count). The maximum atomic E-state index is 11.6. The molecule has 0 unspecified atom stereocenters. The Morgan fingerprint density at radius 2 is 1.76 bits per heavy atom. The number of hydrogen-bond acceptors (Lipinski definition) is 3. The van der Waals surface area contributed by atoms with E-state index in [9.17, 15) is 4.79 Å². The van der Waals surface area contributed by atoms with Gasteiger partial charge < -0.3 is 4.90 Å². The van der Waals surface area contributed by atoms with Crippen LogP contribution in [0.15, 0.2) is 28.7 Å². The van der Waals surface area contributed by atoms with Crippen molar-refractivity contribution in [2.24, 2.45) is 0 Å². The summed E-state index contributed by atoms with van der Waals surface area (Å²) in [6, 6.07) is 7.01. The number of amides is 1. The Hall–Kier alpha value is -1.23. The number of hydrogen-bond donors (Lipinski definition) is 0. The van der Waals surface area contributed by atoms with Crippen LogP contribution in [0.1, 0.15) is 20.8 Å². The monoisotopic (exact) mass is 301 g/mol. The first-order valence-electron chi connectivity index (χ1n) is 5.18. The SMILES string of the molecule is CN(C(=O)OOc1ccc(Br)cc1)C(C)(C)C. The first-order chi connectivity index (χ1) is 7.80. The number of carbonyl (C=O) groups excluding carboxylic acids is 1. The summed E-state index contributed by atoms with van der Waals surface area (Å²) in [7, 11) is 1.66. The second kappa shape index (κ2) is 5.40. The van der Waals surface area contributed by atoms with Crippen LogP contribution in [0.5, 0.6) is 5.75 Å². The van der Waals surface area contributed by atoms with Gasteiger partial charge in [-0.1, -0.05) is 15.9 Å². The largest absolute Gasteiger partial charge is 0.453 e. The van der Waals surface area contributed by atoms with Crippen LogP contribution >= 0.6 is 15.9 Å². The van der Waals surface area contributed by atoms with E-state index in [0.29, 0.717) is 5.75 Å². The fourth-order valence-electron chi connectivity index (χ4n) is 0.904. The van der Waals surface area contributed by atoms with Gasteiger partial charge in [0.05, 0.1) is 0 Å². The lowest BCUT2D eigenvalue weighted by Gasteiger charge is -2.29. The second-order valence-corrected chi connectivity index (χ2v) is 5.53. The lowest BCUT2D eigenvalue weighted by atomic mass is 10.1. The van der Waals surface area contributed by atoms with Crippen molar-refractivity contribution in [3.63, 3.8) is 0 Å². The van der Waals surface area contributed by atoms with Gasteiger partial charge in [-0.3, -0.25) is 4.89 Å². The zero-order valence-corrected chi connectivity index (χ0v) is 11.9. The molecule has 0 atom stereocenters. The van der Waals surface area contributed by atoms with Gasteiger partial charge in [-0.2, -0.15) is 0 Å². The molecule has 0 fully saturated rings. The minimum Gasteiger partial charge on any atom is -0.303 e. The third kappa shape index (κ3) is 4.26. The van der Waals surface area contributed by atoms with Crippen LogP contribution in [-0.4, -0.2) is 23.6 Å². The number of carbonyl (C=O) groups is 1. The lowest BCUT2D eigenvalue weighted by Crippen LogP contribution is -2.43. The Morgan fingerprint density at radius 1 is 1.24 bits per heavy atom. The second-order valence-electron chi connectivity index (χ2n) is 4.62. The van der Waals surface area contributed by atoms with E-state index in [0.717, 1.165) is 4.47 Å². The fraction of sp³-hybridized carbons (Fsp3) is 0.417. The van der Waals surface area contributed by atoms with Gasteiger partial charge in [0.25, 0.3) is 0 Å². The molecule has 1 amide bonds. The molecule has 1 aromatic carbocycles. The molecule has 0 heterocycles. The van der Waals surface area contributed by atoms with Crippen LogP contribution in [0.3, 0.4) is 0 Å². The molecule has 0 aliphatic heterocycles. The van der Waals surface area contributed by atoms with Gasteiger partial charge >= 0.3 is 6.09 Å². The smallest absolute Gasteiger partial charge is 0.303 e. The van der Waals surface area contributed by atoms with Gasteiger partial charge in [0.1, 0.15) is 0 Å². The van der Waals surface area contributed by atoms with Crippen LogP contribution in [0.2, 0.25) is 0 Å². The Labute approximate surface area is 110 Å². The Kier molecular flexibility index (Phi) is 4.40. The van der Waals surface area contributed by atoms with Crippen LogP contribution in [0, 0.1) is 0 Å². The molecular weight excluding hydrogens is 286 g/mol. The lowest BCUT2D eigenvalue weighted by molar-refractivity contribution is -0.157. The highest BCUT2D eigenvalue weighted by Gasteiger charge is 2.24. The Balaban J connectivity index is 2.51. The average molecular weight is 302 g/mol. The fourth-order valence-corrected chi connectivity index (χ4v) is 1.17. The molecule has 0 aliphatic rings. The standard InChI is InChI=1S/C12H16BrNO3/c1-12(2,3)14(4)11(15)17-16-10-7-5-9(13)6-8-10/h5-8H,1-4H3. The summed E-state index contributed by atoms with van der Waals surface area (Å²) in [6.45, 7) is 5.73. The summed E-state index contributed by atoms with van der Waals surface area (Å²) in [5.74, 6) is 0.476. The summed E-state index contributed by atoms with van der Waals surface area (Å²) in [5, 5.41) is 0. The maximum Gasteiger partial charge on any atom is 0.453 e. The molecule has 0 aromatic heterocycles. The molecule has 0 aliphatic carbocycles. The van der Waals surface area contributed by atoms with Gasteiger partial charge in [0.15, 0.2) is 5.75 Å². The van der Waals surface area contributed by atoms with Crippen molar-refractivity contribution in [1.29, 1.82) is 0 Å². The van der Waals surface area contributed by atoms with Crippen LogP contribution in [0.4, 0.5) is 4.79 Å². The highest BCUT2D eigenvalue weighted by Crippen LogP contribution is 2.17. The Bertz CT molecular complexity index is 384. The number of rotatable bonds is 2. The number of halogens is 1. The van der Waals surface area contributed by atoms with Gasteiger partial charge in [-0.25, -0.2) is 9.68 Å². The van der Waals surface area contributed by atoms with Crippen molar-refractivity contribution in [2.45, 2.75) is 26.3 Å². The van der Waals surface area contributed by atoms with E-state index < -0.39 is 6.09 Å². The quantitative estimate of drug-likeness (QED) is 0.619. The van der Waals surface area contributed by atoms with Crippen molar-refractivity contribution in [3.05, 3.63) is 28.7 Å². The molecule has 1 aromatic rings.